The van der Waals surface area contributed by atoms with E-state index in [-0.39, 0.29) is 0 Å². The summed E-state index contributed by atoms with van der Waals surface area (Å²) in [5, 5.41) is 0. The molecule has 4 rings (SSSR count). The van der Waals surface area contributed by atoms with Crippen LogP contribution in [0.1, 0.15) is 100 Å². The van der Waals surface area contributed by atoms with Crippen LogP contribution in [0.4, 0.5) is 0 Å². The lowest BCUT2D eigenvalue weighted by atomic mass is 9.80. The van der Waals surface area contributed by atoms with E-state index < -0.39 is 0 Å². The van der Waals surface area contributed by atoms with Crippen molar-refractivity contribution in [2.24, 2.45) is 0 Å². The number of hydrogen-bond donors (Lipinski definition) is 0. The zero-order chi connectivity index (χ0) is 21.4. The Morgan fingerprint density at radius 2 is 1.31 bits per heavy atom. The Labute approximate surface area is 177 Å². The smallest absolute Gasteiger partial charge is 0.00291 e. The molecule has 0 saturated heterocycles. The molecule has 0 nitrogen and oxygen atoms in total. The first-order valence-corrected chi connectivity index (χ1v) is 11.1. The lowest BCUT2D eigenvalue weighted by Crippen LogP contribution is -2.09. The summed E-state index contributed by atoms with van der Waals surface area (Å²) >= 11 is 0. The molecule has 0 N–H and O–H groups in total. The van der Waals surface area contributed by atoms with E-state index in [1.54, 1.807) is 33.4 Å². The van der Waals surface area contributed by atoms with Crippen molar-refractivity contribution in [1.29, 1.82) is 0 Å². The molecule has 0 bridgehead atoms. The quantitative estimate of drug-likeness (QED) is 0.492. The van der Waals surface area contributed by atoms with Crippen molar-refractivity contribution in [3.05, 3.63) is 77.9 Å². The molecular weight excluding hydrogens is 348 g/mol. The Bertz CT molecular complexity index is 1130. The van der Waals surface area contributed by atoms with E-state index in [2.05, 4.69) is 75.3 Å². The summed E-state index contributed by atoms with van der Waals surface area (Å²) in [5.41, 5.74) is 22.9. The highest BCUT2D eigenvalue weighted by atomic mass is 14.3. The second-order valence-corrected chi connectivity index (χ2v) is 9.76. The van der Waals surface area contributed by atoms with E-state index in [4.69, 9.17) is 0 Å². The number of fused-ring (bicyclic) bond motifs is 2. The monoisotopic (exact) mass is 384 g/mol. The molecule has 0 fully saturated rings. The van der Waals surface area contributed by atoms with Gasteiger partial charge in [-0.2, -0.15) is 0 Å². The van der Waals surface area contributed by atoms with Crippen molar-refractivity contribution in [3.8, 4) is 0 Å². The third-order valence-corrected chi connectivity index (χ3v) is 8.51. The third-order valence-electron chi connectivity index (χ3n) is 8.51. The number of benzene rings is 2. The van der Waals surface area contributed by atoms with E-state index >= 15 is 0 Å². The molecule has 0 amide bonds. The van der Waals surface area contributed by atoms with E-state index in [0.29, 0.717) is 5.92 Å². The Morgan fingerprint density at radius 1 is 0.724 bits per heavy atom. The molecule has 0 saturated carbocycles. The Balaban J connectivity index is 1.97. The Morgan fingerprint density at radius 3 is 1.97 bits per heavy atom. The average molecular weight is 385 g/mol. The zero-order valence-electron chi connectivity index (χ0n) is 20.1. The minimum atomic E-state index is 0.542. The van der Waals surface area contributed by atoms with E-state index in [1.807, 2.05) is 0 Å². The zero-order valence-corrected chi connectivity index (χ0v) is 20.1. The van der Waals surface area contributed by atoms with Gasteiger partial charge in [0.15, 0.2) is 0 Å². The van der Waals surface area contributed by atoms with Crippen LogP contribution in [0.3, 0.4) is 0 Å². The molecule has 1 atom stereocenters. The molecule has 2 aliphatic rings. The van der Waals surface area contributed by atoms with Crippen LogP contribution in [0.5, 0.6) is 0 Å². The van der Waals surface area contributed by atoms with Crippen LogP contribution in [0.2, 0.25) is 0 Å². The SMILES string of the molecule is CC1=Cc2c(Cc3c(C)c(C)c(C)c4c3CC(C)=C4C)c(C)c(C)c(C)c2C1C. The Kier molecular flexibility index (Phi) is 4.69. The maximum atomic E-state index is 2.47. The highest BCUT2D eigenvalue weighted by molar-refractivity contribution is 5.80. The standard InChI is InChI=1S/C29H36/c1-14-11-26-24(20(7)18(5)22(9)28(26)16(14)3)13-25-21(8)19(6)23(10)29-17(4)15(2)12-27(25)29/h11,16H,12-13H2,1-10H3. The topological polar surface area (TPSA) is 0 Å². The molecule has 152 valence electrons. The summed E-state index contributed by atoms with van der Waals surface area (Å²) in [6.45, 7) is 23.3. The van der Waals surface area contributed by atoms with Gasteiger partial charge in [-0.05, 0) is 147 Å². The number of hydrogen-bond acceptors (Lipinski definition) is 0. The predicted octanol–water partition coefficient (Wildman–Crippen LogP) is 8.00. The third kappa shape index (κ3) is 2.71. The van der Waals surface area contributed by atoms with Gasteiger partial charge in [0, 0.05) is 5.92 Å². The van der Waals surface area contributed by atoms with Crippen LogP contribution in [0.25, 0.3) is 11.6 Å². The second-order valence-electron chi connectivity index (χ2n) is 9.76. The van der Waals surface area contributed by atoms with Crippen LogP contribution in [-0.4, -0.2) is 0 Å². The van der Waals surface area contributed by atoms with Crippen LogP contribution < -0.4 is 0 Å². The Hall–Kier alpha value is -2.08. The largest absolute Gasteiger partial charge is 0.0655 e. The van der Waals surface area contributed by atoms with Crippen molar-refractivity contribution >= 4 is 11.6 Å². The van der Waals surface area contributed by atoms with Crippen LogP contribution >= 0.6 is 0 Å². The fourth-order valence-corrected chi connectivity index (χ4v) is 5.84. The summed E-state index contributed by atoms with van der Waals surface area (Å²) in [7, 11) is 0. The molecule has 1 unspecified atom stereocenters. The molecule has 2 aromatic carbocycles. The highest BCUT2D eigenvalue weighted by Crippen LogP contribution is 2.45. The molecule has 0 aliphatic heterocycles. The van der Waals surface area contributed by atoms with Gasteiger partial charge in [0.2, 0.25) is 0 Å². The van der Waals surface area contributed by atoms with Gasteiger partial charge < -0.3 is 0 Å². The molecule has 0 aromatic heterocycles. The molecule has 29 heavy (non-hydrogen) atoms. The lowest BCUT2D eigenvalue weighted by molar-refractivity contribution is 0.898. The minimum absolute atomic E-state index is 0.542. The molecule has 0 spiro atoms. The van der Waals surface area contributed by atoms with E-state index in [1.165, 1.54) is 50.1 Å². The van der Waals surface area contributed by atoms with Crippen molar-refractivity contribution < 1.29 is 0 Å². The number of allylic oxidation sites excluding steroid dienone is 3. The summed E-state index contributed by atoms with van der Waals surface area (Å²) < 4.78 is 0. The van der Waals surface area contributed by atoms with Crippen LogP contribution in [0, 0.1) is 41.5 Å². The predicted molar refractivity (Wildman–Crippen MR) is 128 cm³/mol. The lowest BCUT2D eigenvalue weighted by Gasteiger charge is -2.24. The van der Waals surface area contributed by atoms with Crippen molar-refractivity contribution in [2.75, 3.05) is 0 Å². The molecule has 2 aliphatic carbocycles. The van der Waals surface area contributed by atoms with Gasteiger partial charge in [0.25, 0.3) is 0 Å². The summed E-state index contributed by atoms with van der Waals surface area (Å²) in [4.78, 5) is 0. The first-order chi connectivity index (χ1) is 13.6. The van der Waals surface area contributed by atoms with Gasteiger partial charge in [0.05, 0.1) is 0 Å². The first kappa shape index (κ1) is 20.2. The van der Waals surface area contributed by atoms with Gasteiger partial charge in [-0.25, -0.2) is 0 Å². The average Bonchev–Trinajstić information content (AvgIpc) is 3.14. The van der Waals surface area contributed by atoms with E-state index in [0.717, 1.165) is 12.8 Å². The maximum absolute atomic E-state index is 2.47. The minimum Gasteiger partial charge on any atom is -0.0655 e. The second kappa shape index (κ2) is 6.73. The van der Waals surface area contributed by atoms with Gasteiger partial charge in [-0.3, -0.25) is 0 Å². The van der Waals surface area contributed by atoms with Crippen LogP contribution in [0.15, 0.2) is 11.1 Å². The first-order valence-electron chi connectivity index (χ1n) is 11.1. The van der Waals surface area contributed by atoms with Gasteiger partial charge in [-0.15, -0.1) is 0 Å². The molecular formula is C29H36. The molecule has 0 heterocycles. The highest BCUT2D eigenvalue weighted by Gasteiger charge is 2.29. The fraction of sp³-hybridized carbons (Fsp3) is 0.448. The van der Waals surface area contributed by atoms with Crippen molar-refractivity contribution in [3.63, 3.8) is 0 Å². The maximum Gasteiger partial charge on any atom is 0.00291 e. The summed E-state index contributed by atoms with van der Waals surface area (Å²) in [6.07, 6.45) is 4.65. The fourth-order valence-electron chi connectivity index (χ4n) is 5.84. The number of rotatable bonds is 2. The van der Waals surface area contributed by atoms with E-state index in [9.17, 15) is 0 Å². The van der Waals surface area contributed by atoms with Gasteiger partial charge in [-0.1, -0.05) is 24.1 Å². The van der Waals surface area contributed by atoms with Crippen molar-refractivity contribution in [2.45, 2.75) is 88.0 Å². The van der Waals surface area contributed by atoms with Gasteiger partial charge in [0.1, 0.15) is 0 Å². The normalized spacial score (nSPS) is 17.7. The van der Waals surface area contributed by atoms with Gasteiger partial charge >= 0.3 is 0 Å². The summed E-state index contributed by atoms with van der Waals surface area (Å²) in [6, 6.07) is 0. The van der Waals surface area contributed by atoms with Crippen molar-refractivity contribution in [1.82, 2.24) is 0 Å². The molecule has 0 heteroatoms. The van der Waals surface area contributed by atoms with Crippen LogP contribution in [-0.2, 0) is 12.8 Å². The molecule has 2 aromatic rings. The molecule has 0 radical (unpaired) electrons. The summed E-state index contributed by atoms with van der Waals surface area (Å²) in [5.74, 6) is 0.542.